The summed E-state index contributed by atoms with van der Waals surface area (Å²) in [5.41, 5.74) is 4.76. The standard InChI is InChI=1S/C25H29N5O3S/c1-16(2)22-19(13-26-15-28-22)20-10-11-21-23(29-20)25(3,4)14-30(21)24(31)27-12-17-6-8-18(9-7-17)34(5,32)33/h6-11,13,15-16H,12,14H2,1-5H3,(H,27,31). The summed E-state index contributed by atoms with van der Waals surface area (Å²) >= 11 is 0. The van der Waals surface area contributed by atoms with Gasteiger partial charge in [0.05, 0.1) is 27.7 Å². The molecule has 0 aliphatic carbocycles. The molecule has 0 unspecified atom stereocenters. The van der Waals surface area contributed by atoms with E-state index in [1.165, 1.54) is 6.26 Å². The Morgan fingerprint density at radius 1 is 1.15 bits per heavy atom. The second-order valence-electron chi connectivity index (χ2n) is 9.59. The first-order valence-corrected chi connectivity index (χ1v) is 13.0. The van der Waals surface area contributed by atoms with Crippen LogP contribution in [0.3, 0.4) is 0 Å². The average molecular weight is 480 g/mol. The number of urea groups is 1. The summed E-state index contributed by atoms with van der Waals surface area (Å²) in [4.78, 5) is 28.6. The Bertz CT molecular complexity index is 1330. The van der Waals surface area contributed by atoms with Crippen molar-refractivity contribution < 1.29 is 13.2 Å². The van der Waals surface area contributed by atoms with Gasteiger partial charge in [0, 0.05) is 36.5 Å². The van der Waals surface area contributed by atoms with Crippen molar-refractivity contribution in [2.24, 2.45) is 0 Å². The number of aromatic nitrogens is 3. The number of rotatable bonds is 5. The fourth-order valence-electron chi connectivity index (χ4n) is 4.18. The summed E-state index contributed by atoms with van der Waals surface area (Å²) in [6.45, 7) is 9.11. The van der Waals surface area contributed by atoms with E-state index < -0.39 is 9.84 Å². The van der Waals surface area contributed by atoms with Crippen molar-refractivity contribution in [1.29, 1.82) is 0 Å². The van der Waals surface area contributed by atoms with Crippen molar-refractivity contribution in [2.75, 3.05) is 17.7 Å². The van der Waals surface area contributed by atoms with Crippen LogP contribution in [-0.4, -0.2) is 42.2 Å². The molecule has 34 heavy (non-hydrogen) atoms. The van der Waals surface area contributed by atoms with Gasteiger partial charge in [-0.25, -0.2) is 28.2 Å². The molecule has 9 heteroatoms. The quantitative estimate of drug-likeness (QED) is 0.591. The molecule has 0 bridgehead atoms. The Morgan fingerprint density at radius 3 is 2.50 bits per heavy atom. The number of nitrogens with one attached hydrogen (secondary N) is 1. The van der Waals surface area contributed by atoms with Crippen molar-refractivity contribution in [3.8, 4) is 11.3 Å². The van der Waals surface area contributed by atoms with E-state index in [4.69, 9.17) is 4.98 Å². The number of fused-ring (bicyclic) bond motifs is 1. The number of pyridine rings is 1. The van der Waals surface area contributed by atoms with Gasteiger partial charge in [0.2, 0.25) is 0 Å². The number of anilines is 1. The van der Waals surface area contributed by atoms with E-state index in [9.17, 15) is 13.2 Å². The third-order valence-corrected chi connectivity index (χ3v) is 7.09. The summed E-state index contributed by atoms with van der Waals surface area (Å²) in [5.74, 6) is 0.231. The fourth-order valence-corrected chi connectivity index (χ4v) is 4.81. The van der Waals surface area contributed by atoms with Crippen molar-refractivity contribution >= 4 is 21.6 Å². The van der Waals surface area contributed by atoms with Crippen molar-refractivity contribution in [3.05, 3.63) is 65.9 Å². The highest BCUT2D eigenvalue weighted by Crippen LogP contribution is 2.40. The van der Waals surface area contributed by atoms with Crippen LogP contribution in [-0.2, 0) is 21.8 Å². The molecule has 1 aliphatic heterocycles. The third-order valence-electron chi connectivity index (χ3n) is 5.97. The molecular formula is C25H29N5O3S. The van der Waals surface area contributed by atoms with Crippen LogP contribution in [0.15, 0.2) is 53.8 Å². The normalized spacial score (nSPS) is 14.8. The smallest absolute Gasteiger partial charge is 0.322 e. The summed E-state index contributed by atoms with van der Waals surface area (Å²) in [6.07, 6.45) is 4.51. The molecule has 2 aromatic heterocycles. The lowest BCUT2D eigenvalue weighted by molar-refractivity contribution is 0.245. The van der Waals surface area contributed by atoms with E-state index in [2.05, 4.69) is 43.0 Å². The number of hydrogen-bond donors (Lipinski definition) is 1. The zero-order chi connectivity index (χ0) is 24.7. The van der Waals surface area contributed by atoms with Gasteiger partial charge in [0.1, 0.15) is 6.33 Å². The van der Waals surface area contributed by atoms with Gasteiger partial charge in [0.25, 0.3) is 0 Å². The topological polar surface area (TPSA) is 105 Å². The summed E-state index contributed by atoms with van der Waals surface area (Å²) < 4.78 is 23.3. The number of amides is 2. The van der Waals surface area contributed by atoms with Gasteiger partial charge in [0.15, 0.2) is 9.84 Å². The molecular weight excluding hydrogens is 450 g/mol. The minimum absolute atomic E-state index is 0.223. The zero-order valence-electron chi connectivity index (χ0n) is 20.0. The highest BCUT2D eigenvalue weighted by molar-refractivity contribution is 7.90. The Labute approximate surface area is 200 Å². The van der Waals surface area contributed by atoms with E-state index in [0.717, 1.165) is 33.9 Å². The molecule has 3 aromatic rings. The number of nitrogens with zero attached hydrogens (tertiary/aromatic N) is 4. The van der Waals surface area contributed by atoms with Gasteiger partial charge < -0.3 is 5.32 Å². The first kappa shape index (κ1) is 23.8. The molecule has 1 aliphatic rings. The predicted molar refractivity (Wildman–Crippen MR) is 132 cm³/mol. The lowest BCUT2D eigenvalue weighted by atomic mass is 9.91. The SMILES string of the molecule is CC(C)c1ncncc1-c1ccc2c(n1)C(C)(C)CN2C(=O)NCc1ccc(S(C)(=O)=O)cc1. The monoisotopic (exact) mass is 479 g/mol. The first-order valence-electron chi connectivity index (χ1n) is 11.1. The summed E-state index contributed by atoms with van der Waals surface area (Å²) in [5, 5.41) is 2.94. The first-order chi connectivity index (χ1) is 16.0. The van der Waals surface area contributed by atoms with E-state index in [-0.39, 0.29) is 22.3 Å². The molecule has 0 saturated heterocycles. The number of benzene rings is 1. The molecule has 0 fully saturated rings. The predicted octanol–water partition coefficient (Wildman–Crippen LogP) is 4.07. The number of sulfone groups is 1. The van der Waals surface area contributed by atoms with Crippen LogP contribution in [0.4, 0.5) is 10.5 Å². The molecule has 2 amide bonds. The maximum atomic E-state index is 13.1. The molecule has 0 spiro atoms. The molecule has 3 heterocycles. The van der Waals surface area contributed by atoms with Crippen molar-refractivity contribution in [3.63, 3.8) is 0 Å². The van der Waals surface area contributed by atoms with Crippen LogP contribution >= 0.6 is 0 Å². The second kappa shape index (κ2) is 8.79. The molecule has 0 saturated carbocycles. The highest BCUT2D eigenvalue weighted by atomic mass is 32.2. The van der Waals surface area contributed by atoms with Gasteiger partial charge >= 0.3 is 6.03 Å². The van der Waals surface area contributed by atoms with Gasteiger partial charge in [-0.3, -0.25) is 4.90 Å². The van der Waals surface area contributed by atoms with E-state index in [1.54, 1.807) is 41.7 Å². The molecule has 4 rings (SSSR count). The van der Waals surface area contributed by atoms with Gasteiger partial charge in [-0.1, -0.05) is 39.8 Å². The van der Waals surface area contributed by atoms with Gasteiger partial charge in [-0.15, -0.1) is 0 Å². The molecule has 1 N–H and O–H groups in total. The van der Waals surface area contributed by atoms with E-state index >= 15 is 0 Å². The maximum absolute atomic E-state index is 13.1. The Hall–Kier alpha value is -3.33. The van der Waals surface area contributed by atoms with Crippen LogP contribution in [0.2, 0.25) is 0 Å². The zero-order valence-corrected chi connectivity index (χ0v) is 20.8. The minimum atomic E-state index is -3.25. The Morgan fingerprint density at radius 2 is 1.85 bits per heavy atom. The van der Waals surface area contributed by atoms with Gasteiger partial charge in [-0.2, -0.15) is 0 Å². The van der Waals surface area contributed by atoms with Crippen LogP contribution < -0.4 is 10.2 Å². The number of hydrogen-bond acceptors (Lipinski definition) is 6. The molecule has 8 nitrogen and oxygen atoms in total. The maximum Gasteiger partial charge on any atom is 0.322 e. The van der Waals surface area contributed by atoms with Crippen molar-refractivity contribution in [2.45, 2.75) is 50.5 Å². The fraction of sp³-hybridized carbons (Fsp3) is 0.360. The van der Waals surface area contributed by atoms with Crippen LogP contribution in [0.5, 0.6) is 0 Å². The molecule has 178 valence electrons. The largest absolute Gasteiger partial charge is 0.334 e. The Balaban J connectivity index is 1.56. The third kappa shape index (κ3) is 4.65. The number of carbonyl (C=O) groups is 1. The second-order valence-corrected chi connectivity index (χ2v) is 11.6. The van der Waals surface area contributed by atoms with Crippen LogP contribution in [0, 0.1) is 0 Å². The lowest BCUT2D eigenvalue weighted by Gasteiger charge is -2.20. The van der Waals surface area contributed by atoms with Gasteiger partial charge in [-0.05, 0) is 35.7 Å². The molecule has 0 atom stereocenters. The van der Waals surface area contributed by atoms with Crippen molar-refractivity contribution in [1.82, 2.24) is 20.3 Å². The number of carbonyl (C=O) groups excluding carboxylic acids is 1. The summed E-state index contributed by atoms with van der Waals surface area (Å²) in [6, 6.07) is 10.1. The highest BCUT2D eigenvalue weighted by Gasteiger charge is 2.39. The minimum Gasteiger partial charge on any atom is -0.334 e. The van der Waals surface area contributed by atoms with E-state index in [1.807, 2.05) is 12.1 Å². The molecule has 1 aromatic carbocycles. The lowest BCUT2D eigenvalue weighted by Crippen LogP contribution is -2.41. The summed E-state index contributed by atoms with van der Waals surface area (Å²) in [7, 11) is -3.25. The average Bonchev–Trinajstić information content (AvgIpc) is 3.07. The van der Waals surface area contributed by atoms with Crippen LogP contribution in [0.25, 0.3) is 11.3 Å². The molecule has 0 radical (unpaired) electrons. The Kier molecular flexibility index (Phi) is 6.16. The van der Waals surface area contributed by atoms with Crippen LogP contribution in [0.1, 0.15) is 50.6 Å². The van der Waals surface area contributed by atoms with E-state index in [0.29, 0.717) is 13.1 Å².